The topological polar surface area (TPSA) is 59.3 Å². The lowest BCUT2D eigenvalue weighted by molar-refractivity contribution is -0.115. The number of amides is 1. The van der Waals surface area contributed by atoms with Crippen molar-refractivity contribution in [3.05, 3.63) is 82.8 Å². The first-order valence-electron chi connectivity index (χ1n) is 9.49. The molecule has 0 aliphatic rings. The highest BCUT2D eigenvalue weighted by molar-refractivity contribution is 7.15. The zero-order valence-corrected chi connectivity index (χ0v) is 17.8. The number of thiazole rings is 2. The third-order valence-corrected chi connectivity index (χ3v) is 6.44. The minimum atomic E-state index is -0.0885. The Bertz CT molecular complexity index is 1320. The van der Waals surface area contributed by atoms with Gasteiger partial charge in [0.05, 0.1) is 17.8 Å². The molecule has 0 aliphatic heterocycles. The Hall–Kier alpha value is -3.29. The summed E-state index contributed by atoms with van der Waals surface area (Å²) in [5.41, 5.74) is 6.01. The van der Waals surface area contributed by atoms with Gasteiger partial charge in [0.25, 0.3) is 0 Å². The number of nitrogens with one attached hydrogen (secondary N) is 1. The third kappa shape index (κ3) is 3.77. The van der Waals surface area contributed by atoms with Gasteiger partial charge in [0.1, 0.15) is 0 Å². The number of aromatic nitrogens is 3. The fraction of sp³-hybridized carbons (Fsp3) is 0.0870. The Morgan fingerprint density at radius 3 is 2.50 bits per heavy atom. The van der Waals surface area contributed by atoms with E-state index in [9.17, 15) is 4.79 Å². The van der Waals surface area contributed by atoms with Gasteiger partial charge < -0.3 is 5.32 Å². The van der Waals surface area contributed by atoms with E-state index in [1.807, 2.05) is 63.8 Å². The van der Waals surface area contributed by atoms with Crippen LogP contribution in [0.1, 0.15) is 11.3 Å². The molecule has 0 saturated carbocycles. The van der Waals surface area contributed by atoms with E-state index in [0.29, 0.717) is 5.13 Å². The molecule has 5 nitrogen and oxygen atoms in total. The number of hydrogen-bond donors (Lipinski definition) is 1. The van der Waals surface area contributed by atoms with Crippen LogP contribution in [0.5, 0.6) is 0 Å². The maximum absolute atomic E-state index is 12.6. The SMILES string of the molecule is Cc1ccc(-c2csc(NC(=O)Cc3csc4nc(-c5ccccc5)cn34)n2)cc1. The molecule has 0 unspecified atom stereocenters. The number of anilines is 1. The molecule has 3 heterocycles. The van der Waals surface area contributed by atoms with Crippen LogP contribution in [-0.4, -0.2) is 20.3 Å². The number of fused-ring (bicyclic) bond motifs is 1. The summed E-state index contributed by atoms with van der Waals surface area (Å²) in [6, 6.07) is 18.3. The monoisotopic (exact) mass is 430 g/mol. The van der Waals surface area contributed by atoms with Gasteiger partial charge >= 0.3 is 0 Å². The number of aryl methyl sites for hydroxylation is 1. The highest BCUT2D eigenvalue weighted by Crippen LogP contribution is 2.26. The predicted octanol–water partition coefficient (Wildman–Crippen LogP) is 5.68. The summed E-state index contributed by atoms with van der Waals surface area (Å²) in [5.74, 6) is -0.0885. The van der Waals surface area contributed by atoms with Crippen LogP contribution >= 0.6 is 22.7 Å². The second kappa shape index (κ2) is 7.85. The normalized spacial score (nSPS) is 11.1. The molecule has 0 atom stereocenters. The average molecular weight is 431 g/mol. The van der Waals surface area contributed by atoms with Gasteiger partial charge in [0.15, 0.2) is 10.1 Å². The van der Waals surface area contributed by atoms with E-state index in [4.69, 9.17) is 0 Å². The van der Waals surface area contributed by atoms with Crippen LogP contribution in [0.15, 0.2) is 71.6 Å². The van der Waals surface area contributed by atoms with Crippen LogP contribution in [0.4, 0.5) is 5.13 Å². The standard InChI is InChI=1S/C23H18N4OS2/c1-15-7-9-17(10-8-15)20-14-29-22(24-20)26-21(28)11-18-13-30-23-25-19(12-27(18)23)16-5-3-2-4-6-16/h2-10,12-14H,11H2,1H3,(H,24,26,28). The minimum Gasteiger partial charge on any atom is -0.302 e. The molecule has 5 aromatic rings. The van der Waals surface area contributed by atoms with Crippen molar-refractivity contribution < 1.29 is 4.79 Å². The minimum absolute atomic E-state index is 0.0885. The van der Waals surface area contributed by atoms with Crippen LogP contribution in [0.25, 0.3) is 27.5 Å². The molecule has 7 heteroatoms. The highest BCUT2D eigenvalue weighted by Gasteiger charge is 2.14. The molecule has 148 valence electrons. The molecule has 0 fully saturated rings. The van der Waals surface area contributed by atoms with Crippen LogP contribution < -0.4 is 5.32 Å². The van der Waals surface area contributed by atoms with Crippen LogP contribution in [-0.2, 0) is 11.2 Å². The van der Waals surface area contributed by atoms with E-state index in [-0.39, 0.29) is 12.3 Å². The number of rotatable bonds is 5. The van der Waals surface area contributed by atoms with E-state index >= 15 is 0 Å². The molecule has 0 saturated heterocycles. The second-order valence-electron chi connectivity index (χ2n) is 7.00. The fourth-order valence-electron chi connectivity index (χ4n) is 3.22. The summed E-state index contributed by atoms with van der Waals surface area (Å²) < 4.78 is 1.99. The zero-order valence-electron chi connectivity index (χ0n) is 16.2. The number of benzene rings is 2. The van der Waals surface area contributed by atoms with Crippen molar-refractivity contribution in [2.24, 2.45) is 0 Å². The van der Waals surface area contributed by atoms with Crippen molar-refractivity contribution in [1.82, 2.24) is 14.4 Å². The second-order valence-corrected chi connectivity index (χ2v) is 8.70. The van der Waals surface area contributed by atoms with Crippen LogP contribution in [0.2, 0.25) is 0 Å². The largest absolute Gasteiger partial charge is 0.302 e. The Morgan fingerprint density at radius 2 is 1.70 bits per heavy atom. The number of carbonyl (C=O) groups is 1. The number of imidazole rings is 1. The highest BCUT2D eigenvalue weighted by atomic mass is 32.1. The third-order valence-electron chi connectivity index (χ3n) is 4.79. The van der Waals surface area contributed by atoms with E-state index in [0.717, 1.165) is 33.2 Å². The molecule has 3 aromatic heterocycles. The molecule has 0 bridgehead atoms. The van der Waals surface area contributed by atoms with Crippen molar-refractivity contribution >= 4 is 38.7 Å². The van der Waals surface area contributed by atoms with Gasteiger partial charge in [-0.05, 0) is 6.92 Å². The molecule has 0 spiro atoms. The van der Waals surface area contributed by atoms with E-state index < -0.39 is 0 Å². The van der Waals surface area contributed by atoms with E-state index in [1.54, 1.807) is 0 Å². The van der Waals surface area contributed by atoms with Crippen molar-refractivity contribution in [2.75, 3.05) is 5.32 Å². The molecule has 1 amide bonds. The van der Waals surface area contributed by atoms with Gasteiger partial charge in [-0.1, -0.05) is 60.2 Å². The van der Waals surface area contributed by atoms with Crippen molar-refractivity contribution in [3.8, 4) is 22.5 Å². The average Bonchev–Trinajstić information content (AvgIpc) is 3.47. The quantitative estimate of drug-likeness (QED) is 0.390. The van der Waals surface area contributed by atoms with Gasteiger partial charge in [-0.2, -0.15) is 0 Å². The van der Waals surface area contributed by atoms with Crippen LogP contribution in [0.3, 0.4) is 0 Å². The molecular formula is C23H18N4OS2. The van der Waals surface area contributed by atoms with Crippen molar-refractivity contribution in [1.29, 1.82) is 0 Å². The van der Waals surface area contributed by atoms with Gasteiger partial charge in [0.2, 0.25) is 5.91 Å². The molecule has 5 rings (SSSR count). The number of carbonyl (C=O) groups excluding carboxylic acids is 1. The summed E-state index contributed by atoms with van der Waals surface area (Å²) >= 11 is 2.97. The number of hydrogen-bond acceptors (Lipinski definition) is 5. The summed E-state index contributed by atoms with van der Waals surface area (Å²) in [6.45, 7) is 2.06. The molecule has 30 heavy (non-hydrogen) atoms. The van der Waals surface area contributed by atoms with E-state index in [1.165, 1.54) is 28.2 Å². The first-order valence-corrected chi connectivity index (χ1v) is 11.2. The first kappa shape index (κ1) is 18.7. The molecule has 0 aliphatic carbocycles. The zero-order chi connectivity index (χ0) is 20.5. The Balaban J connectivity index is 1.30. The molecule has 2 aromatic carbocycles. The van der Waals surface area contributed by atoms with Gasteiger partial charge in [-0.25, -0.2) is 9.97 Å². The lowest BCUT2D eigenvalue weighted by Crippen LogP contribution is -2.15. The number of nitrogens with zero attached hydrogens (tertiary/aromatic N) is 3. The summed E-state index contributed by atoms with van der Waals surface area (Å²) in [7, 11) is 0. The van der Waals surface area contributed by atoms with Crippen molar-refractivity contribution in [3.63, 3.8) is 0 Å². The van der Waals surface area contributed by atoms with E-state index in [2.05, 4.69) is 34.3 Å². The lowest BCUT2D eigenvalue weighted by Gasteiger charge is -2.01. The predicted molar refractivity (Wildman–Crippen MR) is 123 cm³/mol. The Kier molecular flexibility index (Phi) is 4.90. The summed E-state index contributed by atoms with van der Waals surface area (Å²) in [6.07, 6.45) is 2.26. The Morgan fingerprint density at radius 1 is 0.933 bits per heavy atom. The van der Waals surface area contributed by atoms with Crippen LogP contribution in [0, 0.1) is 6.92 Å². The lowest BCUT2D eigenvalue weighted by atomic mass is 10.1. The van der Waals surface area contributed by atoms with Gasteiger partial charge in [-0.3, -0.25) is 9.20 Å². The molecule has 1 N–H and O–H groups in total. The Labute approximate surface area is 181 Å². The summed E-state index contributed by atoms with van der Waals surface area (Å²) in [5, 5.41) is 7.48. The van der Waals surface area contributed by atoms with Gasteiger partial charge in [0, 0.05) is 33.8 Å². The maximum atomic E-state index is 12.6. The smallest absolute Gasteiger partial charge is 0.232 e. The summed E-state index contributed by atoms with van der Waals surface area (Å²) in [4.78, 5) is 22.7. The molecule has 0 radical (unpaired) electrons. The molecular weight excluding hydrogens is 412 g/mol. The van der Waals surface area contributed by atoms with Gasteiger partial charge in [-0.15, -0.1) is 22.7 Å². The fourth-order valence-corrected chi connectivity index (χ4v) is 4.83. The maximum Gasteiger partial charge on any atom is 0.232 e. The first-order chi connectivity index (χ1) is 14.7. The van der Waals surface area contributed by atoms with Crippen molar-refractivity contribution in [2.45, 2.75) is 13.3 Å².